The number of hydrogen-bond donors (Lipinski definition) is 1. The second-order valence-corrected chi connectivity index (χ2v) is 4.22. The summed E-state index contributed by atoms with van der Waals surface area (Å²) < 4.78 is 24.8. The molecular formula is C8H13F2N. The fourth-order valence-corrected chi connectivity index (χ4v) is 2.02. The van der Waals surface area contributed by atoms with Gasteiger partial charge in [0.25, 0.3) is 5.92 Å². The summed E-state index contributed by atoms with van der Waals surface area (Å²) in [6.45, 7) is 0. The van der Waals surface area contributed by atoms with Crippen molar-refractivity contribution in [1.29, 1.82) is 0 Å². The zero-order chi connectivity index (χ0) is 8.11. The van der Waals surface area contributed by atoms with Crippen LogP contribution in [0.25, 0.3) is 0 Å². The second-order valence-electron chi connectivity index (χ2n) is 4.22. The Bertz CT molecular complexity index is 161. The van der Waals surface area contributed by atoms with Crippen molar-refractivity contribution in [1.82, 2.24) is 0 Å². The van der Waals surface area contributed by atoms with Crippen molar-refractivity contribution in [3.63, 3.8) is 0 Å². The molecule has 0 aromatic carbocycles. The highest BCUT2D eigenvalue weighted by Gasteiger charge is 2.55. The van der Waals surface area contributed by atoms with E-state index in [1.807, 2.05) is 0 Å². The molecule has 0 aromatic rings. The van der Waals surface area contributed by atoms with E-state index in [1.165, 1.54) is 12.8 Å². The standard InChI is InChI=1S/C8H13F2N/c9-8(10)4-7(11,5-8)3-6-1-2-6/h6H,1-5,11H2. The topological polar surface area (TPSA) is 26.0 Å². The molecule has 1 nitrogen and oxygen atoms in total. The van der Waals surface area contributed by atoms with E-state index in [9.17, 15) is 8.78 Å². The maximum atomic E-state index is 12.4. The van der Waals surface area contributed by atoms with Gasteiger partial charge in [-0.15, -0.1) is 0 Å². The lowest BCUT2D eigenvalue weighted by atomic mass is 9.71. The first-order valence-electron chi connectivity index (χ1n) is 4.16. The van der Waals surface area contributed by atoms with Gasteiger partial charge in [0, 0.05) is 18.4 Å². The molecule has 2 aliphatic rings. The van der Waals surface area contributed by atoms with E-state index >= 15 is 0 Å². The van der Waals surface area contributed by atoms with E-state index < -0.39 is 11.5 Å². The highest BCUT2D eigenvalue weighted by Crippen LogP contribution is 2.50. The van der Waals surface area contributed by atoms with Crippen molar-refractivity contribution >= 4 is 0 Å². The third kappa shape index (κ3) is 1.53. The van der Waals surface area contributed by atoms with Crippen LogP contribution in [0.1, 0.15) is 32.1 Å². The first kappa shape index (κ1) is 7.47. The Morgan fingerprint density at radius 1 is 1.27 bits per heavy atom. The molecule has 0 amide bonds. The molecule has 0 aromatic heterocycles. The average molecular weight is 161 g/mol. The van der Waals surface area contributed by atoms with Gasteiger partial charge in [0.05, 0.1) is 0 Å². The fraction of sp³-hybridized carbons (Fsp3) is 1.00. The van der Waals surface area contributed by atoms with Gasteiger partial charge in [0.2, 0.25) is 0 Å². The largest absolute Gasteiger partial charge is 0.325 e. The molecule has 2 aliphatic carbocycles. The normalized spacial score (nSPS) is 33.0. The molecule has 0 heterocycles. The number of rotatable bonds is 2. The van der Waals surface area contributed by atoms with E-state index in [0.717, 1.165) is 6.42 Å². The van der Waals surface area contributed by atoms with Crippen LogP contribution in [0.4, 0.5) is 8.78 Å². The molecule has 0 spiro atoms. The lowest BCUT2D eigenvalue weighted by Gasteiger charge is -2.44. The van der Waals surface area contributed by atoms with Crippen LogP contribution in [0.15, 0.2) is 0 Å². The van der Waals surface area contributed by atoms with E-state index in [4.69, 9.17) is 5.73 Å². The van der Waals surface area contributed by atoms with Gasteiger partial charge in [-0.3, -0.25) is 0 Å². The van der Waals surface area contributed by atoms with Gasteiger partial charge in [0.15, 0.2) is 0 Å². The Morgan fingerprint density at radius 3 is 2.18 bits per heavy atom. The van der Waals surface area contributed by atoms with Gasteiger partial charge in [-0.1, -0.05) is 12.8 Å². The van der Waals surface area contributed by atoms with Crippen LogP contribution < -0.4 is 5.73 Å². The molecule has 2 saturated carbocycles. The van der Waals surface area contributed by atoms with Crippen LogP contribution in [0, 0.1) is 5.92 Å². The summed E-state index contributed by atoms with van der Waals surface area (Å²) in [6.07, 6.45) is 3.05. The van der Waals surface area contributed by atoms with Crippen LogP contribution in [0.5, 0.6) is 0 Å². The van der Waals surface area contributed by atoms with Crippen LogP contribution in [-0.2, 0) is 0 Å². The van der Waals surface area contributed by atoms with Crippen molar-refractivity contribution in [2.75, 3.05) is 0 Å². The Hall–Kier alpha value is -0.180. The Labute approximate surface area is 65.0 Å². The summed E-state index contributed by atoms with van der Waals surface area (Å²) in [5.74, 6) is -1.79. The minimum atomic E-state index is -2.45. The predicted octanol–water partition coefficient (Wildman–Crippen LogP) is 1.91. The van der Waals surface area contributed by atoms with Gasteiger partial charge in [-0.05, 0) is 12.3 Å². The summed E-state index contributed by atoms with van der Waals surface area (Å²) in [6, 6.07) is 0. The zero-order valence-electron chi connectivity index (χ0n) is 6.45. The molecule has 0 unspecified atom stereocenters. The number of nitrogens with two attached hydrogens (primary N) is 1. The number of alkyl halides is 2. The van der Waals surface area contributed by atoms with Crippen molar-refractivity contribution in [2.24, 2.45) is 11.7 Å². The molecule has 2 fully saturated rings. The Balaban J connectivity index is 1.84. The van der Waals surface area contributed by atoms with E-state index in [1.54, 1.807) is 0 Å². The monoisotopic (exact) mass is 161 g/mol. The van der Waals surface area contributed by atoms with Gasteiger partial charge in [-0.2, -0.15) is 0 Å². The average Bonchev–Trinajstić information content (AvgIpc) is 2.41. The third-order valence-electron chi connectivity index (χ3n) is 2.61. The summed E-state index contributed by atoms with van der Waals surface area (Å²) in [5.41, 5.74) is 5.23. The molecule has 3 heteroatoms. The SMILES string of the molecule is NC1(CC2CC2)CC(F)(F)C1. The Morgan fingerprint density at radius 2 is 1.82 bits per heavy atom. The molecule has 64 valence electrons. The van der Waals surface area contributed by atoms with Gasteiger partial charge in [-0.25, -0.2) is 8.78 Å². The van der Waals surface area contributed by atoms with Gasteiger partial charge >= 0.3 is 0 Å². The van der Waals surface area contributed by atoms with Gasteiger partial charge < -0.3 is 5.73 Å². The molecule has 0 radical (unpaired) electrons. The van der Waals surface area contributed by atoms with Crippen LogP contribution in [0.3, 0.4) is 0 Å². The maximum absolute atomic E-state index is 12.4. The number of hydrogen-bond acceptors (Lipinski definition) is 1. The van der Waals surface area contributed by atoms with Crippen LogP contribution >= 0.6 is 0 Å². The molecule has 0 atom stereocenters. The van der Waals surface area contributed by atoms with Crippen molar-refractivity contribution < 1.29 is 8.78 Å². The molecule has 2 N–H and O–H groups in total. The van der Waals surface area contributed by atoms with Crippen molar-refractivity contribution in [2.45, 2.75) is 43.6 Å². The first-order valence-corrected chi connectivity index (χ1v) is 4.16. The number of halogens is 2. The van der Waals surface area contributed by atoms with Crippen LogP contribution in [0.2, 0.25) is 0 Å². The van der Waals surface area contributed by atoms with E-state index in [0.29, 0.717) is 5.92 Å². The summed E-state index contributed by atoms with van der Waals surface area (Å²) in [5, 5.41) is 0. The minimum Gasteiger partial charge on any atom is -0.325 e. The summed E-state index contributed by atoms with van der Waals surface area (Å²) in [7, 11) is 0. The molecule has 0 aliphatic heterocycles. The molecule has 11 heavy (non-hydrogen) atoms. The van der Waals surface area contributed by atoms with E-state index in [-0.39, 0.29) is 12.8 Å². The van der Waals surface area contributed by atoms with E-state index in [2.05, 4.69) is 0 Å². The third-order valence-corrected chi connectivity index (χ3v) is 2.61. The predicted molar refractivity (Wildman–Crippen MR) is 38.4 cm³/mol. The fourth-order valence-electron chi connectivity index (χ4n) is 2.02. The molecule has 0 bridgehead atoms. The van der Waals surface area contributed by atoms with Gasteiger partial charge in [0.1, 0.15) is 0 Å². The second kappa shape index (κ2) is 1.94. The van der Waals surface area contributed by atoms with Crippen LogP contribution in [-0.4, -0.2) is 11.5 Å². The lowest BCUT2D eigenvalue weighted by Crippen LogP contribution is -2.58. The highest BCUT2D eigenvalue weighted by atomic mass is 19.3. The zero-order valence-corrected chi connectivity index (χ0v) is 6.45. The lowest BCUT2D eigenvalue weighted by molar-refractivity contribution is -0.125. The maximum Gasteiger partial charge on any atom is 0.251 e. The molecule has 2 rings (SSSR count). The summed E-state index contributed by atoms with van der Waals surface area (Å²) >= 11 is 0. The van der Waals surface area contributed by atoms with Crippen molar-refractivity contribution in [3.8, 4) is 0 Å². The first-order chi connectivity index (χ1) is 4.99. The summed E-state index contributed by atoms with van der Waals surface area (Å²) in [4.78, 5) is 0. The highest BCUT2D eigenvalue weighted by molar-refractivity contribution is 5.05. The Kier molecular flexibility index (Phi) is 1.32. The molecule has 0 saturated heterocycles. The smallest absolute Gasteiger partial charge is 0.251 e. The minimum absolute atomic E-state index is 0.0868. The quantitative estimate of drug-likeness (QED) is 0.657. The van der Waals surface area contributed by atoms with Crippen molar-refractivity contribution in [3.05, 3.63) is 0 Å². The molecular weight excluding hydrogens is 148 g/mol.